The SMILES string of the molecule is CCC1CN2C=NC(N3CCN(C(=O)Nc4ccc(OC)cc4C)CC3)=CC2=N1. The van der Waals surface area contributed by atoms with Crippen LogP contribution in [-0.4, -0.2) is 78.8 Å². The highest BCUT2D eigenvalue weighted by Gasteiger charge is 2.28. The lowest BCUT2D eigenvalue weighted by atomic mass is 10.2. The second-order valence-corrected chi connectivity index (χ2v) is 7.53. The van der Waals surface area contributed by atoms with E-state index in [2.05, 4.69) is 33.1 Å². The molecular weight excluding hydrogens is 368 g/mol. The van der Waals surface area contributed by atoms with Crippen LogP contribution in [0.1, 0.15) is 18.9 Å². The number of hydrogen-bond donors (Lipinski definition) is 1. The van der Waals surface area contributed by atoms with Crippen molar-refractivity contribution in [3.63, 3.8) is 0 Å². The summed E-state index contributed by atoms with van der Waals surface area (Å²) in [6.45, 7) is 7.85. The van der Waals surface area contributed by atoms with E-state index in [0.29, 0.717) is 19.1 Å². The Hall–Kier alpha value is -3.03. The van der Waals surface area contributed by atoms with Gasteiger partial charge in [-0.15, -0.1) is 0 Å². The fourth-order valence-corrected chi connectivity index (χ4v) is 3.76. The number of hydrogen-bond acceptors (Lipinski definition) is 6. The predicted molar refractivity (Wildman–Crippen MR) is 115 cm³/mol. The van der Waals surface area contributed by atoms with Crippen LogP contribution in [0.25, 0.3) is 0 Å². The maximum absolute atomic E-state index is 12.7. The molecule has 0 saturated carbocycles. The van der Waals surface area contributed by atoms with Crippen molar-refractivity contribution in [2.24, 2.45) is 9.98 Å². The normalized spacial score (nSPS) is 20.9. The number of carbonyl (C=O) groups excluding carboxylic acids is 1. The van der Waals surface area contributed by atoms with Crippen LogP contribution in [0.2, 0.25) is 0 Å². The molecule has 0 bridgehead atoms. The third-order valence-corrected chi connectivity index (χ3v) is 5.64. The van der Waals surface area contributed by atoms with Crippen LogP contribution in [0.15, 0.2) is 40.1 Å². The number of urea groups is 1. The largest absolute Gasteiger partial charge is 0.497 e. The van der Waals surface area contributed by atoms with E-state index in [1.54, 1.807) is 7.11 Å². The Kier molecular flexibility index (Phi) is 5.42. The molecule has 1 aromatic rings. The first-order valence-corrected chi connectivity index (χ1v) is 10.1. The summed E-state index contributed by atoms with van der Waals surface area (Å²) in [5.74, 6) is 2.71. The van der Waals surface area contributed by atoms with E-state index in [1.807, 2.05) is 36.4 Å². The summed E-state index contributed by atoms with van der Waals surface area (Å²) in [5.41, 5.74) is 1.79. The molecule has 0 radical (unpaired) electrons. The first kappa shape index (κ1) is 19.3. The molecule has 1 fully saturated rings. The standard InChI is InChI=1S/C21H28N6O2/c1-4-16-13-27-14-22-19(12-20(27)23-16)25-7-9-26(10-8-25)21(28)24-18-6-5-17(29-3)11-15(18)2/h5-6,11-12,14,16H,4,7-10,13H2,1-3H3,(H,24,28). The smallest absolute Gasteiger partial charge is 0.321 e. The minimum atomic E-state index is -0.0730. The second-order valence-electron chi connectivity index (χ2n) is 7.53. The number of piperazine rings is 1. The highest BCUT2D eigenvalue weighted by atomic mass is 16.5. The van der Waals surface area contributed by atoms with E-state index in [9.17, 15) is 4.79 Å². The highest BCUT2D eigenvalue weighted by Crippen LogP contribution is 2.22. The molecule has 1 aromatic carbocycles. The van der Waals surface area contributed by atoms with Gasteiger partial charge in [-0.3, -0.25) is 4.99 Å². The zero-order valence-electron chi connectivity index (χ0n) is 17.3. The molecule has 3 aliphatic heterocycles. The van der Waals surface area contributed by atoms with E-state index in [1.165, 1.54) is 0 Å². The van der Waals surface area contributed by atoms with Gasteiger partial charge in [-0.05, 0) is 37.1 Å². The molecule has 3 heterocycles. The predicted octanol–water partition coefficient (Wildman–Crippen LogP) is 2.53. The highest BCUT2D eigenvalue weighted by molar-refractivity contribution is 6.03. The lowest BCUT2D eigenvalue weighted by molar-refractivity contribution is 0.167. The van der Waals surface area contributed by atoms with Crippen LogP contribution in [0, 0.1) is 6.92 Å². The number of nitrogens with one attached hydrogen (secondary N) is 1. The number of nitrogens with zero attached hydrogens (tertiary/aromatic N) is 5. The lowest BCUT2D eigenvalue weighted by Gasteiger charge is -2.36. The second kappa shape index (κ2) is 8.14. The summed E-state index contributed by atoms with van der Waals surface area (Å²) in [6.07, 6.45) is 4.99. The summed E-state index contributed by atoms with van der Waals surface area (Å²) in [7, 11) is 1.64. The van der Waals surface area contributed by atoms with Gasteiger partial charge in [0, 0.05) is 44.5 Å². The Morgan fingerprint density at radius 3 is 2.76 bits per heavy atom. The fraction of sp³-hybridized carbons (Fsp3) is 0.476. The molecule has 4 rings (SSSR count). The third-order valence-electron chi connectivity index (χ3n) is 5.64. The van der Waals surface area contributed by atoms with Crippen molar-refractivity contribution in [2.75, 3.05) is 45.2 Å². The first-order valence-electron chi connectivity index (χ1n) is 10.1. The van der Waals surface area contributed by atoms with E-state index in [0.717, 1.165) is 54.7 Å². The quantitative estimate of drug-likeness (QED) is 0.849. The molecule has 1 N–H and O–H groups in total. The van der Waals surface area contributed by atoms with Crippen molar-refractivity contribution in [1.82, 2.24) is 14.7 Å². The van der Waals surface area contributed by atoms with Crippen molar-refractivity contribution in [3.8, 4) is 5.75 Å². The van der Waals surface area contributed by atoms with Gasteiger partial charge in [0.25, 0.3) is 0 Å². The summed E-state index contributed by atoms with van der Waals surface area (Å²) in [6, 6.07) is 5.93. The minimum absolute atomic E-state index is 0.0730. The molecule has 1 unspecified atom stereocenters. The number of anilines is 1. The zero-order chi connectivity index (χ0) is 20.4. The maximum atomic E-state index is 12.7. The summed E-state index contributed by atoms with van der Waals surface area (Å²) >= 11 is 0. The number of methoxy groups -OCH3 is 1. The Morgan fingerprint density at radius 1 is 1.28 bits per heavy atom. The van der Waals surface area contributed by atoms with Gasteiger partial charge < -0.3 is 24.8 Å². The van der Waals surface area contributed by atoms with Crippen molar-refractivity contribution in [2.45, 2.75) is 26.3 Å². The molecule has 8 heteroatoms. The number of aliphatic imine (C=N–C) groups is 2. The maximum Gasteiger partial charge on any atom is 0.321 e. The van der Waals surface area contributed by atoms with E-state index in [-0.39, 0.29) is 6.03 Å². The van der Waals surface area contributed by atoms with Crippen molar-refractivity contribution >= 4 is 23.9 Å². The van der Waals surface area contributed by atoms with Crippen LogP contribution in [-0.2, 0) is 0 Å². The zero-order valence-corrected chi connectivity index (χ0v) is 17.3. The van der Waals surface area contributed by atoms with E-state index in [4.69, 9.17) is 9.73 Å². The van der Waals surface area contributed by atoms with Crippen molar-refractivity contribution in [3.05, 3.63) is 35.7 Å². The average Bonchev–Trinajstić information content (AvgIpc) is 3.17. The third kappa shape index (κ3) is 4.06. The molecule has 0 aliphatic carbocycles. The molecular formula is C21H28N6O2. The first-order chi connectivity index (χ1) is 14.1. The molecule has 3 aliphatic rings. The fourth-order valence-electron chi connectivity index (χ4n) is 3.76. The van der Waals surface area contributed by atoms with Crippen LogP contribution in [0.4, 0.5) is 10.5 Å². The Morgan fingerprint density at radius 2 is 2.07 bits per heavy atom. The lowest BCUT2D eigenvalue weighted by Crippen LogP contribution is -2.50. The molecule has 1 atom stereocenters. The number of benzene rings is 1. The molecule has 29 heavy (non-hydrogen) atoms. The monoisotopic (exact) mass is 396 g/mol. The van der Waals surface area contributed by atoms with E-state index < -0.39 is 0 Å². The number of ether oxygens (including phenoxy) is 1. The molecule has 8 nitrogen and oxygen atoms in total. The number of carbonyl (C=O) groups is 1. The van der Waals surface area contributed by atoms with Gasteiger partial charge in [-0.25, -0.2) is 9.79 Å². The van der Waals surface area contributed by atoms with Gasteiger partial charge in [-0.2, -0.15) is 0 Å². The van der Waals surface area contributed by atoms with Crippen LogP contribution in [0.3, 0.4) is 0 Å². The van der Waals surface area contributed by atoms with Crippen LogP contribution >= 0.6 is 0 Å². The van der Waals surface area contributed by atoms with Gasteiger partial charge in [0.1, 0.15) is 17.4 Å². The number of aryl methyl sites for hydroxylation is 1. The van der Waals surface area contributed by atoms with Crippen molar-refractivity contribution < 1.29 is 9.53 Å². The van der Waals surface area contributed by atoms with Crippen molar-refractivity contribution in [1.29, 1.82) is 0 Å². The van der Waals surface area contributed by atoms with Gasteiger partial charge in [0.2, 0.25) is 0 Å². The van der Waals surface area contributed by atoms with Gasteiger partial charge in [0.15, 0.2) is 0 Å². The Bertz CT molecular complexity index is 870. The summed E-state index contributed by atoms with van der Waals surface area (Å²) in [5, 5.41) is 3.01. The minimum Gasteiger partial charge on any atom is -0.497 e. The van der Waals surface area contributed by atoms with Gasteiger partial charge in [0.05, 0.1) is 19.5 Å². The average molecular weight is 396 g/mol. The summed E-state index contributed by atoms with van der Waals surface area (Å²) in [4.78, 5) is 28.2. The van der Waals surface area contributed by atoms with Gasteiger partial charge >= 0.3 is 6.03 Å². The molecule has 0 aromatic heterocycles. The number of fused-ring (bicyclic) bond motifs is 1. The molecule has 1 saturated heterocycles. The number of amidine groups is 1. The topological polar surface area (TPSA) is 72.8 Å². The number of rotatable bonds is 4. The Labute approximate surface area is 171 Å². The van der Waals surface area contributed by atoms with Crippen LogP contribution in [0.5, 0.6) is 5.75 Å². The van der Waals surface area contributed by atoms with Gasteiger partial charge in [-0.1, -0.05) is 6.92 Å². The molecule has 2 amide bonds. The summed E-state index contributed by atoms with van der Waals surface area (Å²) < 4.78 is 5.22. The van der Waals surface area contributed by atoms with Crippen LogP contribution < -0.4 is 10.1 Å². The molecule has 0 spiro atoms. The molecule has 154 valence electrons. The number of amides is 2. The Balaban J connectivity index is 1.34. The van der Waals surface area contributed by atoms with E-state index >= 15 is 0 Å².